The molecule has 4 aromatic carbocycles. The fourth-order valence-corrected chi connectivity index (χ4v) is 5.38. The first-order valence-electron chi connectivity index (χ1n) is 13.1. The number of thioether (sulfide) groups is 1. The largest absolute Gasteiger partial charge is 0.321 e. The summed E-state index contributed by atoms with van der Waals surface area (Å²) in [4.78, 5) is 63.8. The maximum Gasteiger partial charge on any atom is 0.272 e. The van der Waals surface area contributed by atoms with E-state index in [9.17, 15) is 29.3 Å². The van der Waals surface area contributed by atoms with Gasteiger partial charge in [-0.05, 0) is 60.2 Å². The highest BCUT2D eigenvalue weighted by atomic mass is 32.2. The second-order valence-electron chi connectivity index (χ2n) is 9.42. The number of nitro benzene ring substituents is 1. The second-order valence-corrected chi connectivity index (χ2v) is 10.7. The number of imide groups is 1. The average Bonchev–Trinajstić information content (AvgIpc) is 3.30. The van der Waals surface area contributed by atoms with Gasteiger partial charge in [-0.3, -0.25) is 29.3 Å². The van der Waals surface area contributed by atoms with Crippen molar-refractivity contribution in [3.05, 3.63) is 136 Å². The number of amides is 4. The third-order valence-electron chi connectivity index (χ3n) is 6.45. The van der Waals surface area contributed by atoms with Crippen LogP contribution in [0.2, 0.25) is 0 Å². The van der Waals surface area contributed by atoms with Crippen molar-refractivity contribution in [1.29, 1.82) is 0 Å². The van der Waals surface area contributed by atoms with Crippen molar-refractivity contribution in [3.8, 4) is 0 Å². The van der Waals surface area contributed by atoms with Crippen LogP contribution in [0.1, 0.15) is 22.3 Å². The number of nitrogens with zero attached hydrogens (tertiary/aromatic N) is 2. The van der Waals surface area contributed by atoms with Crippen LogP contribution < -0.4 is 15.5 Å². The Morgan fingerprint density at radius 3 is 2.12 bits per heavy atom. The fourth-order valence-electron chi connectivity index (χ4n) is 4.33. The molecule has 1 aliphatic heterocycles. The topological polar surface area (TPSA) is 139 Å². The Labute approximate surface area is 250 Å². The molecule has 5 rings (SSSR count). The zero-order valence-corrected chi connectivity index (χ0v) is 23.3. The number of anilines is 2. The van der Waals surface area contributed by atoms with Gasteiger partial charge in [0.15, 0.2) is 0 Å². The van der Waals surface area contributed by atoms with Crippen LogP contribution in [0.4, 0.5) is 17.1 Å². The first-order valence-corrected chi connectivity index (χ1v) is 14.0. The Bertz CT molecular complexity index is 1710. The zero-order chi connectivity index (χ0) is 30.3. The smallest absolute Gasteiger partial charge is 0.272 e. The molecule has 0 spiro atoms. The van der Waals surface area contributed by atoms with Crippen LogP contribution in [-0.4, -0.2) is 33.8 Å². The SMILES string of the molecule is O=C(Nc1ccc(SC2CC(=O)N(c3ccc([N+](=O)[O-])cc3)C2=O)cc1)/C(=C/c1ccccc1)NC(=O)c1ccccc1. The van der Waals surface area contributed by atoms with Gasteiger partial charge in [0.1, 0.15) is 5.70 Å². The summed E-state index contributed by atoms with van der Waals surface area (Å²) in [6.07, 6.45) is 1.56. The molecule has 10 nitrogen and oxygen atoms in total. The van der Waals surface area contributed by atoms with E-state index in [1.54, 1.807) is 60.7 Å². The summed E-state index contributed by atoms with van der Waals surface area (Å²) in [5.41, 5.74) is 1.79. The van der Waals surface area contributed by atoms with Gasteiger partial charge in [-0.25, -0.2) is 4.90 Å². The molecule has 1 heterocycles. The van der Waals surface area contributed by atoms with E-state index in [1.807, 2.05) is 30.3 Å². The molecule has 1 saturated heterocycles. The minimum absolute atomic E-state index is 0.0201. The van der Waals surface area contributed by atoms with Crippen LogP contribution in [-0.2, 0) is 14.4 Å². The first kappa shape index (κ1) is 29.0. The van der Waals surface area contributed by atoms with E-state index in [1.165, 1.54) is 36.0 Å². The van der Waals surface area contributed by atoms with Crippen molar-refractivity contribution in [1.82, 2.24) is 5.32 Å². The lowest BCUT2D eigenvalue weighted by Crippen LogP contribution is -2.31. The van der Waals surface area contributed by atoms with Crippen molar-refractivity contribution >= 4 is 58.5 Å². The van der Waals surface area contributed by atoms with Crippen molar-refractivity contribution < 1.29 is 24.1 Å². The molecule has 0 radical (unpaired) electrons. The highest BCUT2D eigenvalue weighted by Crippen LogP contribution is 2.35. The minimum Gasteiger partial charge on any atom is -0.321 e. The van der Waals surface area contributed by atoms with Crippen molar-refractivity contribution in [3.63, 3.8) is 0 Å². The number of carbonyl (C=O) groups is 4. The van der Waals surface area contributed by atoms with Gasteiger partial charge < -0.3 is 10.6 Å². The lowest BCUT2D eigenvalue weighted by molar-refractivity contribution is -0.384. The van der Waals surface area contributed by atoms with Gasteiger partial charge in [-0.2, -0.15) is 0 Å². The molecule has 1 fully saturated rings. The van der Waals surface area contributed by atoms with Crippen LogP contribution >= 0.6 is 11.8 Å². The van der Waals surface area contributed by atoms with Gasteiger partial charge in [-0.1, -0.05) is 48.5 Å². The van der Waals surface area contributed by atoms with Crippen molar-refractivity contribution in [2.45, 2.75) is 16.6 Å². The highest BCUT2D eigenvalue weighted by Gasteiger charge is 2.40. The molecule has 1 aliphatic rings. The van der Waals surface area contributed by atoms with Crippen LogP contribution in [0.3, 0.4) is 0 Å². The molecule has 0 aliphatic carbocycles. The molecule has 0 bridgehead atoms. The number of nitro groups is 1. The molecular formula is C32H24N4O6S. The Balaban J connectivity index is 1.26. The summed E-state index contributed by atoms with van der Waals surface area (Å²) in [5, 5.41) is 15.7. The van der Waals surface area contributed by atoms with Crippen LogP contribution in [0.5, 0.6) is 0 Å². The van der Waals surface area contributed by atoms with Crippen molar-refractivity contribution in [2.24, 2.45) is 0 Å². The van der Waals surface area contributed by atoms with E-state index in [0.717, 1.165) is 10.5 Å². The third-order valence-corrected chi connectivity index (χ3v) is 7.65. The van der Waals surface area contributed by atoms with Gasteiger partial charge in [0.05, 0.1) is 15.9 Å². The first-order chi connectivity index (χ1) is 20.8. The summed E-state index contributed by atoms with van der Waals surface area (Å²) >= 11 is 1.21. The monoisotopic (exact) mass is 592 g/mol. The Kier molecular flexibility index (Phi) is 8.73. The summed E-state index contributed by atoms with van der Waals surface area (Å²) in [7, 11) is 0. The molecule has 11 heteroatoms. The van der Waals surface area contributed by atoms with Crippen LogP contribution in [0, 0.1) is 10.1 Å². The minimum atomic E-state index is -0.670. The Morgan fingerprint density at radius 1 is 0.860 bits per heavy atom. The summed E-state index contributed by atoms with van der Waals surface area (Å²) < 4.78 is 0. The van der Waals surface area contributed by atoms with E-state index < -0.39 is 33.8 Å². The molecule has 43 heavy (non-hydrogen) atoms. The number of hydrogen-bond acceptors (Lipinski definition) is 7. The molecule has 1 unspecified atom stereocenters. The molecule has 2 N–H and O–H groups in total. The molecular weight excluding hydrogens is 568 g/mol. The molecule has 214 valence electrons. The van der Waals surface area contributed by atoms with E-state index in [4.69, 9.17) is 0 Å². The van der Waals surface area contributed by atoms with Crippen LogP contribution in [0.25, 0.3) is 6.08 Å². The van der Waals surface area contributed by atoms with E-state index >= 15 is 0 Å². The quantitative estimate of drug-likeness (QED) is 0.114. The number of benzene rings is 4. The molecule has 0 aromatic heterocycles. The Morgan fingerprint density at radius 2 is 1.49 bits per heavy atom. The predicted molar refractivity (Wildman–Crippen MR) is 163 cm³/mol. The maximum atomic E-state index is 13.2. The van der Waals surface area contributed by atoms with Gasteiger partial charge >= 0.3 is 0 Å². The second kappa shape index (κ2) is 13.0. The highest BCUT2D eigenvalue weighted by molar-refractivity contribution is 8.00. The number of non-ortho nitro benzene ring substituents is 1. The lowest BCUT2D eigenvalue weighted by atomic mass is 10.1. The van der Waals surface area contributed by atoms with E-state index in [2.05, 4.69) is 10.6 Å². The van der Waals surface area contributed by atoms with Gasteiger partial charge in [0.25, 0.3) is 17.5 Å². The predicted octanol–water partition coefficient (Wildman–Crippen LogP) is 5.43. The van der Waals surface area contributed by atoms with Crippen LogP contribution in [0.15, 0.2) is 120 Å². The fraction of sp³-hybridized carbons (Fsp3) is 0.0625. The normalized spacial score (nSPS) is 14.8. The van der Waals surface area contributed by atoms with Crippen molar-refractivity contribution in [2.75, 3.05) is 10.2 Å². The van der Waals surface area contributed by atoms with Gasteiger partial charge in [0, 0.05) is 34.7 Å². The Hall–Kier alpha value is -5.55. The lowest BCUT2D eigenvalue weighted by Gasteiger charge is -2.15. The summed E-state index contributed by atoms with van der Waals surface area (Å²) in [5.74, 6) is -1.76. The number of rotatable bonds is 9. The number of carbonyl (C=O) groups excluding carboxylic acids is 4. The molecule has 4 aromatic rings. The number of hydrogen-bond donors (Lipinski definition) is 2. The molecule has 4 amide bonds. The van der Waals surface area contributed by atoms with E-state index in [0.29, 0.717) is 16.1 Å². The zero-order valence-electron chi connectivity index (χ0n) is 22.5. The molecule has 1 atom stereocenters. The summed E-state index contributed by atoms with van der Waals surface area (Å²) in [6, 6.07) is 29.7. The molecule has 0 saturated carbocycles. The maximum absolute atomic E-state index is 13.2. The summed E-state index contributed by atoms with van der Waals surface area (Å²) in [6.45, 7) is 0. The standard InChI is InChI=1S/C32H24N4O6S/c37-29-20-28(32(40)35(29)24-13-15-25(16-14-24)36(41)42)43-26-17-11-23(12-18-26)33-31(39)27(19-21-7-3-1-4-8-21)34-30(38)22-9-5-2-6-10-22/h1-19,28H,20H2,(H,33,39)(H,34,38)/b27-19-. The third kappa shape index (κ3) is 7.03. The van der Waals surface area contributed by atoms with Gasteiger partial charge in [0.2, 0.25) is 11.8 Å². The van der Waals surface area contributed by atoms with Gasteiger partial charge in [-0.15, -0.1) is 11.8 Å². The number of nitrogens with one attached hydrogen (secondary N) is 2. The average molecular weight is 593 g/mol. The van der Waals surface area contributed by atoms with E-state index in [-0.39, 0.29) is 23.5 Å².